The molecule has 1 aliphatic carbocycles. The topological polar surface area (TPSA) is 3.24 Å². The Kier molecular flexibility index (Phi) is 9.02. The van der Waals surface area contributed by atoms with Gasteiger partial charge in [-0.15, -0.1) is 0 Å². The Morgan fingerprint density at radius 2 is 0.770 bits per heavy atom. The van der Waals surface area contributed by atoms with Gasteiger partial charge in [-0.1, -0.05) is 200 Å². The van der Waals surface area contributed by atoms with Crippen LogP contribution in [0.1, 0.15) is 23.6 Å². The van der Waals surface area contributed by atoms with Crippen molar-refractivity contribution in [1.82, 2.24) is 0 Å². The summed E-state index contributed by atoms with van der Waals surface area (Å²) in [5, 5.41) is 2.50. The third kappa shape index (κ3) is 6.43. The molecule has 0 radical (unpaired) electrons. The molecule has 0 fully saturated rings. The number of hydrogen-bond acceptors (Lipinski definition) is 1. The minimum absolute atomic E-state index is 0.244. The minimum Gasteiger partial charge on any atom is -0.310 e. The van der Waals surface area contributed by atoms with Gasteiger partial charge in [0.25, 0.3) is 0 Å². The van der Waals surface area contributed by atoms with Gasteiger partial charge in [-0.3, -0.25) is 0 Å². The number of fused-ring (bicyclic) bond motifs is 4. The van der Waals surface area contributed by atoms with Gasteiger partial charge >= 0.3 is 0 Å². The second-order valence-electron chi connectivity index (χ2n) is 16.2. The second kappa shape index (κ2) is 15.1. The molecule has 0 saturated carbocycles. The monoisotopic (exact) mass is 777 g/mol. The van der Waals surface area contributed by atoms with Gasteiger partial charge in [0.15, 0.2) is 0 Å². The Labute approximate surface area is 358 Å². The number of nitrogens with zero attached hydrogens (tertiary/aromatic N) is 1. The number of hydrogen-bond donors (Lipinski definition) is 0. The molecule has 10 aromatic carbocycles. The molecule has 61 heavy (non-hydrogen) atoms. The van der Waals surface area contributed by atoms with E-state index in [9.17, 15) is 0 Å². The molecule has 1 nitrogen and oxygen atoms in total. The molecular weight excluding hydrogens is 735 g/mol. The Hall–Kier alpha value is -7.74. The summed E-state index contributed by atoms with van der Waals surface area (Å²) in [5.74, 6) is 0. The van der Waals surface area contributed by atoms with Crippen LogP contribution in [-0.2, 0) is 5.41 Å². The average Bonchev–Trinajstić information content (AvgIpc) is 3.61. The summed E-state index contributed by atoms with van der Waals surface area (Å²) in [6, 6.07) is 88.6. The molecule has 0 spiro atoms. The fourth-order valence-electron chi connectivity index (χ4n) is 9.58. The average molecular weight is 778 g/mol. The predicted octanol–water partition coefficient (Wildman–Crippen LogP) is 16.3. The summed E-state index contributed by atoms with van der Waals surface area (Å²) in [4.78, 5) is 2.38. The van der Waals surface area contributed by atoms with E-state index in [0.29, 0.717) is 0 Å². The highest BCUT2D eigenvalue weighted by molar-refractivity contribution is 5.94. The van der Waals surface area contributed by atoms with Gasteiger partial charge in [0.2, 0.25) is 0 Å². The predicted molar refractivity (Wildman–Crippen MR) is 258 cm³/mol. The highest BCUT2D eigenvalue weighted by Crippen LogP contribution is 2.55. The van der Waals surface area contributed by atoms with Crippen LogP contribution in [0.25, 0.3) is 66.4 Å². The molecule has 0 bridgehead atoms. The van der Waals surface area contributed by atoms with E-state index in [1.165, 1.54) is 83.1 Å². The zero-order valence-electron chi connectivity index (χ0n) is 34.0. The first-order chi connectivity index (χ1) is 30.1. The molecule has 0 aromatic heterocycles. The lowest BCUT2D eigenvalue weighted by Crippen LogP contribution is -2.22. The van der Waals surface area contributed by atoms with Crippen LogP contribution in [-0.4, -0.2) is 0 Å². The Morgan fingerprint density at radius 3 is 1.49 bits per heavy atom. The Balaban J connectivity index is 0.994. The van der Waals surface area contributed by atoms with E-state index in [0.717, 1.165) is 17.1 Å². The fraction of sp³-hybridized carbons (Fsp3) is 0.0333. The van der Waals surface area contributed by atoms with E-state index >= 15 is 0 Å². The molecule has 0 saturated heterocycles. The maximum atomic E-state index is 2.38. The molecule has 1 heteroatoms. The standard InChI is InChI=1S/C60H43N/c1-60(51-19-6-3-7-20-51)57-24-11-10-22-56(57)59-55(23-13-25-58(59)60)47-34-38-53(39-35-47)61(52-36-32-46(33-37-52)50-31-30-43-16-8-9-17-48(43)40-50)54-21-12-18-49(41-54)45-28-26-44(27-29-45)42-14-4-2-5-15-42/h2-41H,1H3. The van der Waals surface area contributed by atoms with Crippen LogP contribution < -0.4 is 4.90 Å². The fourth-order valence-corrected chi connectivity index (χ4v) is 9.58. The molecule has 288 valence electrons. The highest BCUT2D eigenvalue weighted by Gasteiger charge is 2.41. The molecule has 0 aliphatic heterocycles. The smallest absolute Gasteiger partial charge is 0.0467 e. The highest BCUT2D eigenvalue weighted by atomic mass is 15.1. The third-order valence-corrected chi connectivity index (χ3v) is 12.8. The zero-order valence-corrected chi connectivity index (χ0v) is 34.0. The van der Waals surface area contributed by atoms with Gasteiger partial charge in [0.1, 0.15) is 0 Å². The normalized spacial score (nSPS) is 14.0. The van der Waals surface area contributed by atoms with Crippen LogP contribution in [0, 0.1) is 0 Å². The first kappa shape index (κ1) is 36.3. The molecule has 10 aromatic rings. The maximum Gasteiger partial charge on any atom is 0.0467 e. The SMILES string of the molecule is CC1(c2ccccc2)c2ccccc2-c2c(-c3ccc(N(c4ccc(-c5ccc6ccccc6c5)cc4)c4cccc(-c5ccc(-c6ccccc6)cc5)c4)cc3)cccc21. The van der Waals surface area contributed by atoms with Gasteiger partial charge in [-0.2, -0.15) is 0 Å². The molecule has 0 heterocycles. The van der Waals surface area contributed by atoms with Crippen LogP contribution >= 0.6 is 0 Å². The minimum atomic E-state index is -0.244. The molecule has 0 amide bonds. The van der Waals surface area contributed by atoms with Crippen molar-refractivity contribution in [3.63, 3.8) is 0 Å². The Bertz CT molecular complexity index is 3170. The lowest BCUT2D eigenvalue weighted by atomic mass is 9.74. The summed E-state index contributed by atoms with van der Waals surface area (Å²) >= 11 is 0. The Morgan fingerprint density at radius 1 is 0.295 bits per heavy atom. The zero-order chi connectivity index (χ0) is 40.8. The van der Waals surface area contributed by atoms with Gasteiger partial charge < -0.3 is 4.90 Å². The number of anilines is 3. The van der Waals surface area contributed by atoms with Crippen LogP contribution in [0.5, 0.6) is 0 Å². The largest absolute Gasteiger partial charge is 0.310 e. The van der Waals surface area contributed by atoms with Crippen LogP contribution in [0.4, 0.5) is 17.1 Å². The van der Waals surface area contributed by atoms with E-state index in [1.54, 1.807) is 0 Å². The maximum absolute atomic E-state index is 2.38. The van der Waals surface area contributed by atoms with Crippen molar-refractivity contribution in [3.05, 3.63) is 259 Å². The molecular formula is C60H43N. The van der Waals surface area contributed by atoms with Gasteiger partial charge in [0.05, 0.1) is 0 Å². The quantitative estimate of drug-likeness (QED) is 0.149. The van der Waals surface area contributed by atoms with Gasteiger partial charge in [-0.25, -0.2) is 0 Å². The van der Waals surface area contributed by atoms with Crippen LogP contribution in [0.2, 0.25) is 0 Å². The van der Waals surface area contributed by atoms with E-state index in [-0.39, 0.29) is 5.41 Å². The lowest BCUT2D eigenvalue weighted by Gasteiger charge is -2.28. The molecule has 0 N–H and O–H groups in total. The summed E-state index contributed by atoms with van der Waals surface area (Å²) in [7, 11) is 0. The summed E-state index contributed by atoms with van der Waals surface area (Å²) in [6.07, 6.45) is 0. The molecule has 1 unspecified atom stereocenters. The van der Waals surface area contributed by atoms with Gasteiger partial charge in [0, 0.05) is 22.5 Å². The number of rotatable bonds is 8. The molecule has 1 atom stereocenters. The molecule has 1 aliphatic rings. The van der Waals surface area contributed by atoms with Crippen LogP contribution in [0.3, 0.4) is 0 Å². The first-order valence-corrected chi connectivity index (χ1v) is 21.2. The second-order valence-corrected chi connectivity index (χ2v) is 16.2. The first-order valence-electron chi connectivity index (χ1n) is 21.2. The van der Waals surface area contributed by atoms with Crippen molar-refractivity contribution in [2.45, 2.75) is 12.3 Å². The van der Waals surface area contributed by atoms with Crippen molar-refractivity contribution >= 4 is 27.8 Å². The summed E-state index contributed by atoms with van der Waals surface area (Å²) in [5.41, 5.74) is 19.4. The van der Waals surface area contributed by atoms with Gasteiger partial charge in [-0.05, 0) is 132 Å². The van der Waals surface area contributed by atoms with Crippen molar-refractivity contribution in [2.75, 3.05) is 4.90 Å². The van der Waals surface area contributed by atoms with E-state index in [2.05, 4.69) is 254 Å². The third-order valence-electron chi connectivity index (χ3n) is 12.8. The summed E-state index contributed by atoms with van der Waals surface area (Å²) in [6.45, 7) is 2.38. The van der Waals surface area contributed by atoms with Crippen molar-refractivity contribution in [3.8, 4) is 55.6 Å². The molecule has 11 rings (SSSR count). The van der Waals surface area contributed by atoms with Crippen molar-refractivity contribution in [1.29, 1.82) is 0 Å². The lowest BCUT2D eigenvalue weighted by molar-refractivity contribution is 0.714. The van der Waals surface area contributed by atoms with E-state index in [1.807, 2.05) is 0 Å². The number of benzene rings is 10. The van der Waals surface area contributed by atoms with Crippen molar-refractivity contribution in [2.24, 2.45) is 0 Å². The van der Waals surface area contributed by atoms with E-state index < -0.39 is 0 Å². The van der Waals surface area contributed by atoms with Crippen LogP contribution in [0.15, 0.2) is 243 Å². The summed E-state index contributed by atoms with van der Waals surface area (Å²) < 4.78 is 0. The van der Waals surface area contributed by atoms with Crippen molar-refractivity contribution < 1.29 is 0 Å². The van der Waals surface area contributed by atoms with E-state index in [4.69, 9.17) is 0 Å².